The zero-order valence-corrected chi connectivity index (χ0v) is 18.6. The lowest BCUT2D eigenvalue weighted by atomic mass is 9.74. The van der Waals surface area contributed by atoms with E-state index < -0.39 is 5.41 Å². The van der Waals surface area contributed by atoms with Crippen molar-refractivity contribution in [1.29, 1.82) is 0 Å². The molecule has 1 aliphatic rings. The molecule has 1 amide bonds. The number of nitrogens with zero attached hydrogens (tertiary/aromatic N) is 2. The van der Waals surface area contributed by atoms with E-state index in [0.29, 0.717) is 26.2 Å². The van der Waals surface area contributed by atoms with Gasteiger partial charge in [-0.05, 0) is 48.9 Å². The fraction of sp³-hybridized carbons (Fsp3) is 0.385. The number of amides is 1. The number of aromatic nitrogens is 2. The van der Waals surface area contributed by atoms with Crippen molar-refractivity contribution in [2.24, 2.45) is 5.41 Å². The lowest BCUT2D eigenvalue weighted by Gasteiger charge is -2.36. The fourth-order valence-corrected chi connectivity index (χ4v) is 4.43. The van der Waals surface area contributed by atoms with Crippen LogP contribution in [0.1, 0.15) is 24.8 Å². The van der Waals surface area contributed by atoms with E-state index in [1.807, 2.05) is 35.1 Å². The van der Waals surface area contributed by atoms with Crippen molar-refractivity contribution in [3.05, 3.63) is 72.6 Å². The number of rotatable bonds is 9. The van der Waals surface area contributed by atoms with Crippen LogP contribution in [0.5, 0.6) is 5.75 Å². The lowest BCUT2D eigenvalue weighted by molar-refractivity contribution is -0.136. The van der Waals surface area contributed by atoms with Gasteiger partial charge in [0.25, 0.3) is 0 Å². The van der Waals surface area contributed by atoms with Crippen molar-refractivity contribution < 1.29 is 14.3 Å². The highest BCUT2D eigenvalue weighted by molar-refractivity contribution is 5.83. The number of methoxy groups -OCH3 is 1. The molecule has 1 aromatic heterocycles. The number of carbonyl (C=O) groups is 1. The molecule has 0 atom stereocenters. The first-order valence-electron chi connectivity index (χ1n) is 11.3. The Labute approximate surface area is 189 Å². The van der Waals surface area contributed by atoms with E-state index in [4.69, 9.17) is 9.47 Å². The third-order valence-electron chi connectivity index (χ3n) is 6.23. The molecule has 0 aliphatic carbocycles. The molecule has 32 heavy (non-hydrogen) atoms. The maximum Gasteiger partial charge on any atom is 0.226 e. The largest absolute Gasteiger partial charge is 0.496 e. The number of nitrogens with one attached hydrogen (secondary N) is 1. The molecule has 1 aliphatic heterocycles. The minimum Gasteiger partial charge on any atom is -0.496 e. The highest BCUT2D eigenvalue weighted by Gasteiger charge is 2.39. The minimum atomic E-state index is -0.441. The van der Waals surface area contributed by atoms with Crippen LogP contribution in [-0.4, -0.2) is 42.6 Å². The van der Waals surface area contributed by atoms with Gasteiger partial charge in [-0.3, -0.25) is 9.48 Å². The highest BCUT2D eigenvalue weighted by Crippen LogP contribution is 2.36. The van der Waals surface area contributed by atoms with Crippen LogP contribution in [0, 0.1) is 5.41 Å². The molecule has 0 radical (unpaired) electrons. The van der Waals surface area contributed by atoms with Gasteiger partial charge in [-0.1, -0.05) is 42.5 Å². The summed E-state index contributed by atoms with van der Waals surface area (Å²) in [5.74, 6) is 0.976. The van der Waals surface area contributed by atoms with Gasteiger partial charge in [-0.2, -0.15) is 5.10 Å². The molecule has 0 bridgehead atoms. The van der Waals surface area contributed by atoms with E-state index in [-0.39, 0.29) is 5.91 Å². The van der Waals surface area contributed by atoms with E-state index in [9.17, 15) is 4.79 Å². The van der Waals surface area contributed by atoms with Crippen LogP contribution in [0.3, 0.4) is 0 Å². The number of hydrogen-bond acceptors (Lipinski definition) is 4. The molecule has 4 rings (SSSR count). The van der Waals surface area contributed by atoms with Crippen molar-refractivity contribution >= 4 is 5.91 Å². The van der Waals surface area contributed by atoms with Crippen molar-refractivity contribution in [1.82, 2.24) is 15.1 Å². The van der Waals surface area contributed by atoms with Crippen LogP contribution in [-0.2, 0) is 22.5 Å². The number of ether oxygens (including phenoxy) is 2. The van der Waals surface area contributed by atoms with Crippen LogP contribution in [0.25, 0.3) is 11.1 Å². The summed E-state index contributed by atoms with van der Waals surface area (Å²) in [4.78, 5) is 13.3. The van der Waals surface area contributed by atoms with E-state index in [1.54, 1.807) is 13.3 Å². The monoisotopic (exact) mass is 433 g/mol. The molecule has 3 aromatic rings. The molecule has 0 unspecified atom stereocenters. The van der Waals surface area contributed by atoms with Gasteiger partial charge in [0, 0.05) is 44.3 Å². The van der Waals surface area contributed by atoms with Crippen molar-refractivity contribution in [2.45, 2.75) is 32.2 Å². The standard InChI is InChI=1S/C26H31N3O3/c1-31-24-10-3-2-9-23(24)22-8-4-7-21(19-22)20-26(11-17-32-18-12-26)25(30)27-13-5-15-29-16-6-14-28-29/h2-4,6-10,14,16,19H,5,11-13,15,17-18,20H2,1H3,(H,27,30). The van der Waals surface area contributed by atoms with E-state index in [1.165, 1.54) is 0 Å². The first-order valence-corrected chi connectivity index (χ1v) is 11.3. The third-order valence-corrected chi connectivity index (χ3v) is 6.23. The summed E-state index contributed by atoms with van der Waals surface area (Å²) in [6.07, 6.45) is 6.73. The SMILES string of the molecule is COc1ccccc1-c1cccc(CC2(C(=O)NCCCn3cccn3)CCOCC2)c1. The summed E-state index contributed by atoms with van der Waals surface area (Å²) in [6, 6.07) is 18.4. The molecular weight excluding hydrogens is 402 g/mol. The Bertz CT molecular complexity index is 1010. The first-order chi connectivity index (χ1) is 15.7. The van der Waals surface area contributed by atoms with E-state index >= 15 is 0 Å². The predicted octanol–water partition coefficient (Wildman–Crippen LogP) is 4.10. The average Bonchev–Trinajstić information content (AvgIpc) is 3.36. The lowest BCUT2D eigenvalue weighted by Crippen LogP contribution is -2.46. The minimum absolute atomic E-state index is 0.129. The van der Waals surface area contributed by atoms with Crippen molar-refractivity contribution in [3.8, 4) is 16.9 Å². The second-order valence-electron chi connectivity index (χ2n) is 8.35. The van der Waals surface area contributed by atoms with Crippen LogP contribution >= 0.6 is 0 Å². The van der Waals surface area contributed by atoms with Gasteiger partial charge in [0.15, 0.2) is 0 Å². The molecule has 2 heterocycles. The molecule has 0 saturated carbocycles. The summed E-state index contributed by atoms with van der Waals surface area (Å²) in [7, 11) is 1.69. The number of para-hydroxylation sites is 1. The number of benzene rings is 2. The second kappa shape index (κ2) is 10.5. The van der Waals surface area contributed by atoms with Gasteiger partial charge in [0.2, 0.25) is 5.91 Å². The Kier molecular flexibility index (Phi) is 7.22. The summed E-state index contributed by atoms with van der Waals surface area (Å²) in [5, 5.41) is 7.40. The molecule has 168 valence electrons. The highest BCUT2D eigenvalue weighted by atomic mass is 16.5. The van der Waals surface area contributed by atoms with Crippen molar-refractivity contribution in [3.63, 3.8) is 0 Å². The molecule has 1 N–H and O–H groups in total. The molecule has 1 saturated heterocycles. The quantitative estimate of drug-likeness (QED) is 0.516. The molecular formula is C26H31N3O3. The number of hydrogen-bond donors (Lipinski definition) is 1. The zero-order chi connectivity index (χ0) is 22.2. The number of aryl methyl sites for hydroxylation is 1. The molecule has 1 fully saturated rings. The Balaban J connectivity index is 1.47. The summed E-state index contributed by atoms with van der Waals surface area (Å²) >= 11 is 0. The first kappa shape index (κ1) is 22.1. The van der Waals surface area contributed by atoms with Gasteiger partial charge in [0.1, 0.15) is 5.75 Å². The van der Waals surface area contributed by atoms with Crippen LogP contribution in [0.4, 0.5) is 0 Å². The molecule has 6 nitrogen and oxygen atoms in total. The van der Waals surface area contributed by atoms with Gasteiger partial charge >= 0.3 is 0 Å². The Morgan fingerprint density at radius 1 is 1.16 bits per heavy atom. The summed E-state index contributed by atoms with van der Waals surface area (Å²) in [6.45, 7) is 2.67. The normalized spacial score (nSPS) is 15.3. The predicted molar refractivity (Wildman–Crippen MR) is 124 cm³/mol. The Morgan fingerprint density at radius 2 is 2.00 bits per heavy atom. The number of carbonyl (C=O) groups excluding carboxylic acids is 1. The smallest absolute Gasteiger partial charge is 0.226 e. The van der Waals surface area contributed by atoms with Gasteiger partial charge in [-0.15, -0.1) is 0 Å². The second-order valence-corrected chi connectivity index (χ2v) is 8.35. The maximum absolute atomic E-state index is 13.3. The molecule has 0 spiro atoms. The fourth-order valence-electron chi connectivity index (χ4n) is 4.43. The summed E-state index contributed by atoms with van der Waals surface area (Å²) < 4.78 is 13.0. The Morgan fingerprint density at radius 3 is 2.78 bits per heavy atom. The zero-order valence-electron chi connectivity index (χ0n) is 18.6. The average molecular weight is 434 g/mol. The molecule has 2 aromatic carbocycles. The third kappa shape index (κ3) is 5.19. The van der Waals surface area contributed by atoms with Crippen LogP contribution < -0.4 is 10.1 Å². The van der Waals surface area contributed by atoms with Crippen LogP contribution in [0.15, 0.2) is 67.0 Å². The topological polar surface area (TPSA) is 65.4 Å². The maximum atomic E-state index is 13.3. The Hall–Kier alpha value is -3.12. The van der Waals surface area contributed by atoms with Crippen molar-refractivity contribution in [2.75, 3.05) is 26.9 Å². The van der Waals surface area contributed by atoms with Gasteiger partial charge in [0.05, 0.1) is 12.5 Å². The van der Waals surface area contributed by atoms with Crippen LogP contribution in [0.2, 0.25) is 0 Å². The van der Waals surface area contributed by atoms with Gasteiger partial charge < -0.3 is 14.8 Å². The molecule has 6 heteroatoms. The van der Waals surface area contributed by atoms with E-state index in [0.717, 1.165) is 48.2 Å². The van der Waals surface area contributed by atoms with Gasteiger partial charge in [-0.25, -0.2) is 0 Å². The van der Waals surface area contributed by atoms with E-state index in [2.05, 4.69) is 40.7 Å². The summed E-state index contributed by atoms with van der Waals surface area (Å²) in [5.41, 5.74) is 2.87.